The molecule has 0 saturated heterocycles. The first-order valence-electron chi connectivity index (χ1n) is 19.5. The van der Waals surface area contributed by atoms with E-state index in [0.29, 0.717) is 51.6 Å². The molecular formula is C38H53ClF2N14O8. The van der Waals surface area contributed by atoms with Crippen LogP contribution in [0.4, 0.5) is 18.4 Å². The third-order valence-electron chi connectivity index (χ3n) is 7.63. The topological polar surface area (TPSA) is 293 Å². The zero-order chi connectivity index (χ0) is 46.8. The molecule has 4 amide bonds. The highest BCUT2D eigenvalue weighted by Crippen LogP contribution is 2.10. The second-order valence-corrected chi connectivity index (χ2v) is 15.5. The largest absolute Gasteiger partial charge is 0.444 e. The molecule has 4 heterocycles. The number of amides is 4. The normalized spacial score (nSPS) is 11.8. The first-order chi connectivity index (χ1) is 29.8. The van der Waals surface area contributed by atoms with Gasteiger partial charge in [-0.25, -0.2) is 19.6 Å². The minimum atomic E-state index is -0.829. The number of alkyl carbamates (subject to hydrolysis) is 2. The van der Waals surface area contributed by atoms with Gasteiger partial charge in [0.1, 0.15) is 17.7 Å². The molecule has 0 aliphatic heterocycles. The number of hydrogen-bond donors (Lipinski definition) is 5. The number of carbonyl (C=O) groups is 6. The Hall–Kier alpha value is -6.59. The molecule has 0 spiro atoms. The number of nitrogens with zero attached hydrogens (tertiary/aromatic N) is 9. The van der Waals surface area contributed by atoms with E-state index >= 15 is 0 Å². The van der Waals surface area contributed by atoms with Crippen LogP contribution in [0.2, 0.25) is 0 Å². The standard InChI is InChI=1S/C19H26FN7O4.C18H25ClFN3O4.CH2N4/c1-19(2,3)31-18(30)21-9-5-4-6-14(15(28)11-27-24-12-23-26-27)25-17(29)13-7-8-16(20)22-10-13;1-18(2,3)27-17(26)21-9-5-4-6-13(14(24)10-19)23-16(25)12-7-8-15(20)22-11-12;1-2-4-5-3-1/h7-8,10,12,14H,4-6,9,11H2,1-3H3,(H,21,30)(H,25,29);7-8,11,13H,4-6,9-10H2,1-3H3,(H,21,26)(H,23,25);1H,(H,2,3,4,5)/t14-;13-;/m00./s1. The molecule has 0 saturated carbocycles. The van der Waals surface area contributed by atoms with E-state index in [1.165, 1.54) is 24.8 Å². The Labute approximate surface area is 366 Å². The summed E-state index contributed by atoms with van der Waals surface area (Å²) in [6.07, 6.45) is 6.66. The smallest absolute Gasteiger partial charge is 0.407 e. The van der Waals surface area contributed by atoms with E-state index in [4.69, 9.17) is 21.1 Å². The van der Waals surface area contributed by atoms with Gasteiger partial charge in [0.2, 0.25) is 11.9 Å². The summed E-state index contributed by atoms with van der Waals surface area (Å²) >= 11 is 5.60. The first-order valence-corrected chi connectivity index (χ1v) is 20.1. The van der Waals surface area contributed by atoms with E-state index in [1.54, 1.807) is 41.5 Å². The minimum Gasteiger partial charge on any atom is -0.444 e. The maximum absolute atomic E-state index is 13.0. The number of rotatable bonds is 19. The molecule has 0 unspecified atom stereocenters. The Morgan fingerprint density at radius 1 is 0.714 bits per heavy atom. The molecule has 0 aliphatic carbocycles. The van der Waals surface area contributed by atoms with Crippen LogP contribution in [0.25, 0.3) is 0 Å². The van der Waals surface area contributed by atoms with Crippen molar-refractivity contribution in [3.8, 4) is 0 Å². The molecule has 0 fully saturated rings. The monoisotopic (exact) mass is 906 g/mol. The molecule has 344 valence electrons. The lowest BCUT2D eigenvalue weighted by Crippen LogP contribution is -2.42. The van der Waals surface area contributed by atoms with Crippen molar-refractivity contribution >= 4 is 47.2 Å². The Bertz CT molecular complexity index is 1960. The van der Waals surface area contributed by atoms with Crippen LogP contribution in [0.1, 0.15) is 101 Å². The summed E-state index contributed by atoms with van der Waals surface area (Å²) in [6, 6.07) is 3.10. The minimum absolute atomic E-state index is 0.129. The van der Waals surface area contributed by atoms with E-state index in [9.17, 15) is 37.5 Å². The van der Waals surface area contributed by atoms with Gasteiger partial charge in [-0.05, 0) is 110 Å². The molecule has 25 heteroatoms. The van der Waals surface area contributed by atoms with Gasteiger partial charge in [0.05, 0.1) is 29.1 Å². The number of alkyl halides is 1. The molecule has 4 aromatic heterocycles. The Morgan fingerprint density at radius 2 is 1.21 bits per heavy atom. The van der Waals surface area contributed by atoms with Crippen LogP contribution >= 0.6 is 11.6 Å². The predicted molar refractivity (Wildman–Crippen MR) is 220 cm³/mol. The van der Waals surface area contributed by atoms with Crippen molar-refractivity contribution in [2.75, 3.05) is 19.0 Å². The number of nitrogens with one attached hydrogen (secondary N) is 5. The summed E-state index contributed by atoms with van der Waals surface area (Å²) in [7, 11) is 0. The molecule has 4 aromatic rings. The van der Waals surface area contributed by atoms with Gasteiger partial charge >= 0.3 is 12.2 Å². The summed E-state index contributed by atoms with van der Waals surface area (Å²) in [6.45, 7) is 11.2. The summed E-state index contributed by atoms with van der Waals surface area (Å²) in [5, 5.41) is 33.7. The van der Waals surface area contributed by atoms with Gasteiger partial charge in [-0.15, -0.1) is 32.0 Å². The van der Waals surface area contributed by atoms with Crippen LogP contribution in [0.5, 0.6) is 0 Å². The van der Waals surface area contributed by atoms with Gasteiger partial charge in [0.25, 0.3) is 11.8 Å². The van der Waals surface area contributed by atoms with Crippen LogP contribution in [-0.4, -0.2) is 129 Å². The van der Waals surface area contributed by atoms with Crippen molar-refractivity contribution in [2.45, 2.75) is 110 Å². The molecule has 4 rings (SSSR count). The molecule has 0 aliphatic rings. The number of H-pyrrole nitrogens is 1. The summed E-state index contributed by atoms with van der Waals surface area (Å²) in [5.41, 5.74) is -0.877. The van der Waals surface area contributed by atoms with Gasteiger partial charge < -0.3 is 30.7 Å². The van der Waals surface area contributed by atoms with Gasteiger partial charge in [-0.2, -0.15) is 18.8 Å². The molecule has 22 nitrogen and oxygen atoms in total. The fraction of sp³-hybridized carbons (Fsp3) is 0.526. The highest BCUT2D eigenvalue weighted by atomic mass is 35.5. The number of tetrazole rings is 2. The lowest BCUT2D eigenvalue weighted by Gasteiger charge is -2.20. The SMILES string of the molecule is CC(C)(C)OC(=O)NCCCC[C@H](NC(=O)c1ccc(F)nc1)C(=O)CCl.CC(C)(C)OC(=O)NCCCC[C@H](NC(=O)c1ccc(F)nc1)C(=O)Cn1ncnn1.c1nn[nH]n1. The fourth-order valence-electron chi connectivity index (χ4n) is 4.82. The number of aromatic amines is 1. The van der Waals surface area contributed by atoms with Crippen molar-refractivity contribution in [3.05, 3.63) is 72.3 Å². The van der Waals surface area contributed by atoms with Crippen molar-refractivity contribution < 1.29 is 47.0 Å². The number of ether oxygens (including phenoxy) is 2. The molecule has 63 heavy (non-hydrogen) atoms. The second kappa shape index (κ2) is 27.4. The van der Waals surface area contributed by atoms with Gasteiger partial charge in [0, 0.05) is 25.5 Å². The van der Waals surface area contributed by atoms with Crippen LogP contribution < -0.4 is 21.3 Å². The Morgan fingerprint density at radius 3 is 1.56 bits per heavy atom. The van der Waals surface area contributed by atoms with E-state index in [0.717, 1.165) is 29.3 Å². The number of unbranched alkanes of at least 4 members (excludes halogenated alkanes) is 2. The van der Waals surface area contributed by atoms with Gasteiger partial charge in [-0.3, -0.25) is 19.2 Å². The number of Topliss-reactive ketones (excluding diaryl/α,β-unsaturated/α-hetero) is 2. The number of ketones is 2. The number of carbonyl (C=O) groups excluding carboxylic acids is 6. The van der Waals surface area contributed by atoms with Gasteiger partial charge in [-0.1, -0.05) is 5.21 Å². The Balaban J connectivity index is 0.000000392. The molecule has 5 N–H and O–H groups in total. The van der Waals surface area contributed by atoms with Gasteiger partial charge in [0.15, 0.2) is 24.2 Å². The highest BCUT2D eigenvalue weighted by molar-refractivity contribution is 6.28. The number of halogens is 3. The van der Waals surface area contributed by atoms with Crippen molar-refractivity contribution in [1.29, 1.82) is 0 Å². The summed E-state index contributed by atoms with van der Waals surface area (Å²) < 4.78 is 36.1. The third-order valence-corrected chi connectivity index (χ3v) is 7.90. The average Bonchev–Trinajstić information content (AvgIpc) is 3.97. The zero-order valence-electron chi connectivity index (χ0n) is 35.8. The quantitative estimate of drug-likeness (QED) is 0.0512. The maximum atomic E-state index is 13.0. The summed E-state index contributed by atoms with van der Waals surface area (Å²) in [5.74, 6) is -3.36. The maximum Gasteiger partial charge on any atom is 0.407 e. The number of aromatic nitrogens is 10. The lowest BCUT2D eigenvalue weighted by atomic mass is 10.0. The van der Waals surface area contributed by atoms with Crippen LogP contribution in [0.15, 0.2) is 49.3 Å². The molecule has 0 bridgehead atoms. The van der Waals surface area contributed by atoms with Crippen molar-refractivity contribution in [1.82, 2.24) is 72.1 Å². The Kier molecular flexibility index (Phi) is 22.8. The lowest BCUT2D eigenvalue weighted by molar-refractivity contribution is -0.122. The van der Waals surface area contributed by atoms with E-state index < -0.39 is 59.2 Å². The summed E-state index contributed by atoms with van der Waals surface area (Å²) in [4.78, 5) is 80.4. The number of hydrogen-bond acceptors (Lipinski definition) is 16. The van der Waals surface area contributed by atoms with Crippen molar-refractivity contribution in [2.24, 2.45) is 0 Å². The van der Waals surface area contributed by atoms with Crippen molar-refractivity contribution in [3.63, 3.8) is 0 Å². The molecule has 0 aromatic carbocycles. The van der Waals surface area contributed by atoms with E-state index in [-0.39, 0.29) is 35.1 Å². The van der Waals surface area contributed by atoms with E-state index in [1.807, 2.05) is 0 Å². The fourth-order valence-corrected chi connectivity index (χ4v) is 5.01. The zero-order valence-corrected chi connectivity index (χ0v) is 36.5. The highest BCUT2D eigenvalue weighted by Gasteiger charge is 2.24. The molecular weight excluding hydrogens is 854 g/mol. The van der Waals surface area contributed by atoms with E-state index in [2.05, 4.69) is 67.3 Å². The first kappa shape index (κ1) is 52.5. The van der Waals surface area contributed by atoms with Crippen LogP contribution in [0, 0.1) is 11.9 Å². The molecule has 2 atom stereocenters. The van der Waals surface area contributed by atoms with Crippen LogP contribution in [0.3, 0.4) is 0 Å². The second-order valence-electron chi connectivity index (χ2n) is 15.2. The molecule has 0 radical (unpaired) electrons. The average molecular weight is 907 g/mol. The predicted octanol–water partition coefficient (Wildman–Crippen LogP) is 3.29. The number of pyridine rings is 2. The van der Waals surface area contributed by atoms with Crippen LogP contribution in [-0.2, 0) is 25.6 Å². The third kappa shape index (κ3) is 23.8.